The molecular formula is C63H113NO10. The van der Waals surface area contributed by atoms with Crippen LogP contribution in [0.25, 0.3) is 0 Å². The summed E-state index contributed by atoms with van der Waals surface area (Å²) in [7, 11) is 0. The topological polar surface area (TPSA) is 175 Å². The fourth-order valence-corrected chi connectivity index (χ4v) is 9.24. The van der Waals surface area contributed by atoms with Gasteiger partial charge in [-0.2, -0.15) is 0 Å². The number of amides is 1. The number of unbranched alkanes of at least 4 members (excludes halogenated alkanes) is 29. The van der Waals surface area contributed by atoms with E-state index in [1.54, 1.807) is 6.08 Å². The van der Waals surface area contributed by atoms with E-state index >= 15 is 0 Å². The summed E-state index contributed by atoms with van der Waals surface area (Å²) < 4.78 is 17.6. The van der Waals surface area contributed by atoms with Gasteiger partial charge in [0, 0.05) is 6.42 Å². The molecule has 1 aliphatic rings. The Balaban J connectivity index is 2.71. The molecule has 1 heterocycles. The highest BCUT2D eigenvalue weighted by atomic mass is 16.7. The molecule has 430 valence electrons. The van der Waals surface area contributed by atoms with E-state index < -0.39 is 67.4 Å². The number of carbonyl (C=O) groups excluding carboxylic acids is 2. The molecule has 8 atom stereocenters. The van der Waals surface area contributed by atoms with Crippen molar-refractivity contribution in [3.63, 3.8) is 0 Å². The Bertz CT molecular complexity index is 1430. The van der Waals surface area contributed by atoms with E-state index in [2.05, 4.69) is 74.7 Å². The van der Waals surface area contributed by atoms with Crippen LogP contribution in [0.2, 0.25) is 0 Å². The Kier molecular flexibility index (Phi) is 47.9. The van der Waals surface area contributed by atoms with Gasteiger partial charge in [0.2, 0.25) is 5.91 Å². The van der Waals surface area contributed by atoms with Gasteiger partial charge in [-0.1, -0.05) is 229 Å². The maximum Gasteiger partial charge on any atom is 0.306 e. The average Bonchev–Trinajstić information content (AvgIpc) is 3.40. The first-order valence-corrected chi connectivity index (χ1v) is 30.6. The van der Waals surface area contributed by atoms with Gasteiger partial charge in [0.05, 0.1) is 25.4 Å². The SMILES string of the molecule is CCCCC/C=C\C/C=C\CCCCCCCCCC(=O)OC1C(OCC(NC(=O)C(O)CCCCCCCC/C=C\C/C=C\CCCCC)C(O)/C=C/CCCCCCCCCCCC)OC(CO)C(O)C1O. The fraction of sp³-hybridized carbons (Fsp3) is 0.810. The summed E-state index contributed by atoms with van der Waals surface area (Å²) in [6, 6.07) is -1.03. The van der Waals surface area contributed by atoms with Crippen LogP contribution in [0.4, 0.5) is 0 Å². The van der Waals surface area contributed by atoms with E-state index in [0.717, 1.165) is 103 Å². The van der Waals surface area contributed by atoms with E-state index in [-0.39, 0.29) is 19.4 Å². The third kappa shape index (κ3) is 38.8. The zero-order valence-electron chi connectivity index (χ0n) is 47.5. The summed E-state index contributed by atoms with van der Waals surface area (Å²) in [5.74, 6) is -1.21. The Morgan fingerprint density at radius 1 is 0.527 bits per heavy atom. The predicted molar refractivity (Wildman–Crippen MR) is 306 cm³/mol. The van der Waals surface area contributed by atoms with Gasteiger partial charge < -0.3 is 45.1 Å². The molecule has 0 aliphatic carbocycles. The van der Waals surface area contributed by atoms with Crippen molar-refractivity contribution < 1.29 is 49.3 Å². The van der Waals surface area contributed by atoms with E-state index in [4.69, 9.17) is 14.2 Å². The Hall–Kier alpha value is -2.64. The quantitative estimate of drug-likeness (QED) is 0.0195. The molecule has 0 bridgehead atoms. The molecule has 11 nitrogen and oxygen atoms in total. The van der Waals surface area contributed by atoms with Gasteiger partial charge in [0.25, 0.3) is 0 Å². The summed E-state index contributed by atoms with van der Waals surface area (Å²) in [6.45, 7) is 5.73. The van der Waals surface area contributed by atoms with Crippen molar-refractivity contribution in [1.82, 2.24) is 5.32 Å². The number of ether oxygens (including phenoxy) is 3. The van der Waals surface area contributed by atoms with Gasteiger partial charge in [0.1, 0.15) is 24.4 Å². The molecule has 74 heavy (non-hydrogen) atoms. The van der Waals surface area contributed by atoms with Crippen molar-refractivity contribution in [1.29, 1.82) is 0 Å². The molecule has 1 rings (SSSR count). The van der Waals surface area contributed by atoms with Crippen molar-refractivity contribution in [2.24, 2.45) is 0 Å². The first kappa shape index (κ1) is 69.4. The van der Waals surface area contributed by atoms with Crippen molar-refractivity contribution in [2.75, 3.05) is 13.2 Å². The van der Waals surface area contributed by atoms with Gasteiger partial charge in [-0.15, -0.1) is 0 Å². The Labute approximate surface area is 452 Å². The summed E-state index contributed by atoms with van der Waals surface area (Å²) in [4.78, 5) is 26.5. The number of allylic oxidation sites excluding steroid dienone is 9. The molecule has 1 fully saturated rings. The average molecular weight is 1040 g/mol. The van der Waals surface area contributed by atoms with Gasteiger partial charge in [-0.3, -0.25) is 9.59 Å². The van der Waals surface area contributed by atoms with Crippen molar-refractivity contribution in [3.05, 3.63) is 60.8 Å². The second-order valence-electron chi connectivity index (χ2n) is 21.1. The van der Waals surface area contributed by atoms with E-state index in [0.29, 0.717) is 12.8 Å². The molecule has 1 saturated heterocycles. The number of hydrogen-bond donors (Lipinski definition) is 6. The summed E-state index contributed by atoms with van der Waals surface area (Å²) in [6.07, 6.45) is 52.5. The highest BCUT2D eigenvalue weighted by molar-refractivity contribution is 5.80. The molecule has 6 N–H and O–H groups in total. The van der Waals surface area contributed by atoms with Crippen LogP contribution in [-0.2, 0) is 23.8 Å². The highest BCUT2D eigenvalue weighted by Gasteiger charge is 2.47. The van der Waals surface area contributed by atoms with Gasteiger partial charge in [-0.25, -0.2) is 0 Å². The second-order valence-corrected chi connectivity index (χ2v) is 21.1. The lowest BCUT2D eigenvalue weighted by Crippen LogP contribution is -2.61. The van der Waals surface area contributed by atoms with Crippen LogP contribution in [-0.4, -0.2) is 99.6 Å². The number of aliphatic hydroxyl groups is 5. The molecule has 0 spiro atoms. The minimum Gasteiger partial charge on any atom is -0.454 e. The van der Waals surface area contributed by atoms with Crippen LogP contribution in [0.3, 0.4) is 0 Å². The van der Waals surface area contributed by atoms with Crippen LogP contribution in [0, 0.1) is 0 Å². The highest BCUT2D eigenvalue weighted by Crippen LogP contribution is 2.26. The number of hydrogen-bond acceptors (Lipinski definition) is 10. The Morgan fingerprint density at radius 3 is 1.41 bits per heavy atom. The van der Waals surface area contributed by atoms with Crippen LogP contribution in [0.5, 0.6) is 0 Å². The lowest BCUT2D eigenvalue weighted by atomic mass is 9.99. The van der Waals surface area contributed by atoms with Crippen molar-refractivity contribution in [3.8, 4) is 0 Å². The van der Waals surface area contributed by atoms with E-state index in [9.17, 15) is 35.1 Å². The molecular weight excluding hydrogens is 931 g/mol. The van der Waals surface area contributed by atoms with Gasteiger partial charge in [0.15, 0.2) is 12.4 Å². The number of carbonyl (C=O) groups is 2. The fourth-order valence-electron chi connectivity index (χ4n) is 9.24. The predicted octanol–water partition coefficient (Wildman–Crippen LogP) is 14.2. The molecule has 0 saturated carbocycles. The maximum absolute atomic E-state index is 13.4. The number of rotatable bonds is 51. The summed E-state index contributed by atoms with van der Waals surface area (Å²) in [5, 5.41) is 56.9. The van der Waals surface area contributed by atoms with E-state index in [1.807, 2.05) is 6.08 Å². The second kappa shape index (κ2) is 51.1. The maximum atomic E-state index is 13.4. The molecule has 1 aliphatic heterocycles. The van der Waals surface area contributed by atoms with Crippen LogP contribution in [0.15, 0.2) is 60.8 Å². The molecule has 0 radical (unpaired) electrons. The minimum atomic E-state index is -1.62. The third-order valence-electron chi connectivity index (χ3n) is 14.1. The Morgan fingerprint density at radius 2 is 0.932 bits per heavy atom. The molecule has 0 aromatic carbocycles. The lowest BCUT2D eigenvalue weighted by molar-refractivity contribution is -0.305. The molecule has 0 aromatic rings. The van der Waals surface area contributed by atoms with Crippen molar-refractivity contribution in [2.45, 2.75) is 314 Å². The normalized spacial score (nSPS) is 19.7. The standard InChI is InChI=1S/C63H113NO10/c1-4-7-10-13-16-19-22-25-27-29-31-33-36-39-42-45-48-51-58(68)74-61-60(70)59(69)57(52-65)73-63(61)72-53-54(55(66)49-46-43-40-37-34-24-21-18-15-12-9-6-3)64-62(71)56(67)50-47-44-41-38-35-32-30-28-26-23-20-17-14-11-8-5-2/h16-17,19-20,25-28,46,49,54-57,59-61,63,65-67,69-70H,4-15,18,21-24,29-45,47-48,50-53H2,1-3H3,(H,64,71)/b19-16-,20-17-,27-25-,28-26-,49-46+. The molecule has 1 amide bonds. The lowest BCUT2D eigenvalue weighted by Gasteiger charge is -2.41. The number of aliphatic hydroxyl groups excluding tert-OH is 5. The van der Waals surface area contributed by atoms with Gasteiger partial charge >= 0.3 is 5.97 Å². The zero-order valence-corrected chi connectivity index (χ0v) is 47.5. The first-order valence-electron chi connectivity index (χ1n) is 30.6. The number of nitrogens with one attached hydrogen (secondary N) is 1. The van der Waals surface area contributed by atoms with E-state index in [1.165, 1.54) is 116 Å². The summed E-state index contributed by atoms with van der Waals surface area (Å²) >= 11 is 0. The monoisotopic (exact) mass is 1040 g/mol. The zero-order chi connectivity index (χ0) is 54.0. The number of esters is 1. The minimum absolute atomic E-state index is 0.113. The van der Waals surface area contributed by atoms with Crippen LogP contribution < -0.4 is 5.32 Å². The van der Waals surface area contributed by atoms with Crippen LogP contribution in [0.1, 0.15) is 265 Å². The molecule has 11 heteroatoms. The molecule has 0 aromatic heterocycles. The van der Waals surface area contributed by atoms with Crippen LogP contribution >= 0.6 is 0 Å². The largest absolute Gasteiger partial charge is 0.454 e. The smallest absolute Gasteiger partial charge is 0.306 e. The summed E-state index contributed by atoms with van der Waals surface area (Å²) in [5.41, 5.74) is 0. The third-order valence-corrected chi connectivity index (χ3v) is 14.1. The molecule has 8 unspecified atom stereocenters. The van der Waals surface area contributed by atoms with Crippen molar-refractivity contribution >= 4 is 11.9 Å². The van der Waals surface area contributed by atoms with Gasteiger partial charge in [-0.05, 0) is 89.9 Å². The first-order chi connectivity index (χ1) is 36.2.